The van der Waals surface area contributed by atoms with Gasteiger partial charge in [-0.1, -0.05) is 183 Å². The van der Waals surface area contributed by atoms with Gasteiger partial charge < -0.3 is 9.80 Å². The van der Waals surface area contributed by atoms with E-state index in [9.17, 15) is 0 Å². The average Bonchev–Trinajstić information content (AvgIpc) is 3.89. The van der Waals surface area contributed by atoms with E-state index in [4.69, 9.17) is 0 Å². The predicted octanol–water partition coefficient (Wildman–Crippen LogP) is 18.0. The van der Waals surface area contributed by atoms with Crippen molar-refractivity contribution in [2.45, 2.75) is 19.8 Å². The summed E-state index contributed by atoms with van der Waals surface area (Å²) in [6.07, 6.45) is 17.3. The Morgan fingerprint density at radius 3 is 1.45 bits per heavy atom. The molecule has 0 N–H and O–H groups in total. The van der Waals surface area contributed by atoms with Crippen molar-refractivity contribution in [3.05, 3.63) is 242 Å². The van der Waals surface area contributed by atoms with Crippen molar-refractivity contribution in [1.29, 1.82) is 0 Å². The molecule has 11 aromatic carbocycles. The van der Waals surface area contributed by atoms with Crippen LogP contribution in [0.5, 0.6) is 0 Å². The highest BCUT2D eigenvalue weighted by Gasteiger charge is 2.30. The second kappa shape index (κ2) is 15.9. The second-order valence-corrected chi connectivity index (χ2v) is 17.0. The van der Waals surface area contributed by atoms with Gasteiger partial charge in [0.15, 0.2) is 0 Å². The molecule has 0 amide bonds. The third-order valence-electron chi connectivity index (χ3n) is 13.4. The third-order valence-corrected chi connectivity index (χ3v) is 13.4. The first kappa shape index (κ1) is 38.5. The van der Waals surface area contributed by atoms with Crippen molar-refractivity contribution in [1.82, 2.24) is 0 Å². The van der Waals surface area contributed by atoms with E-state index in [0.717, 1.165) is 35.6 Å². The summed E-state index contributed by atoms with van der Waals surface area (Å²) in [6, 6.07) is 67.3. The largest absolute Gasteiger partial charge is 0.310 e. The average molecular weight is 831 g/mol. The SMILES string of the molecule is C=CC=CC(=CC)N(c1ccccc1)c1ccc2c3c(-c4ccccc4)c4c5cccc6c(N(C7=CCCC=C7)c7ccccc7)ccc(c4c(-c4ccccc4)c3c3cccc1c32)c65. The van der Waals surface area contributed by atoms with E-state index >= 15 is 0 Å². The van der Waals surface area contributed by atoms with Crippen LogP contribution in [-0.2, 0) is 0 Å². The molecule has 0 aliphatic heterocycles. The summed E-state index contributed by atoms with van der Waals surface area (Å²) in [5.41, 5.74) is 11.9. The van der Waals surface area contributed by atoms with Gasteiger partial charge in [-0.2, -0.15) is 0 Å². The van der Waals surface area contributed by atoms with E-state index in [0.29, 0.717) is 0 Å². The molecule has 308 valence electrons. The number of anilines is 4. The normalized spacial score (nSPS) is 13.3. The van der Waals surface area contributed by atoms with E-state index in [-0.39, 0.29) is 0 Å². The van der Waals surface area contributed by atoms with Crippen LogP contribution in [0.25, 0.3) is 86.9 Å². The zero-order valence-electron chi connectivity index (χ0n) is 36.4. The lowest BCUT2D eigenvalue weighted by Crippen LogP contribution is -2.16. The Hall–Kier alpha value is -8.20. The Kier molecular flexibility index (Phi) is 9.39. The summed E-state index contributed by atoms with van der Waals surface area (Å²) >= 11 is 0. The molecule has 65 heavy (non-hydrogen) atoms. The molecule has 0 bridgehead atoms. The van der Waals surface area contributed by atoms with E-state index in [1.807, 2.05) is 12.2 Å². The number of nitrogens with zero attached hydrogens (tertiary/aromatic N) is 2. The molecule has 0 radical (unpaired) electrons. The fraction of sp³-hybridized carbons (Fsp3) is 0.0476. The lowest BCUT2D eigenvalue weighted by atomic mass is 9.87. The summed E-state index contributed by atoms with van der Waals surface area (Å²) in [6.45, 7) is 6.11. The first-order chi connectivity index (χ1) is 32.2. The lowest BCUT2D eigenvalue weighted by Gasteiger charge is -2.29. The van der Waals surface area contributed by atoms with Gasteiger partial charge in [-0.25, -0.2) is 0 Å². The van der Waals surface area contributed by atoms with Crippen LogP contribution in [0, 0.1) is 0 Å². The number of hydrogen-bond donors (Lipinski definition) is 0. The van der Waals surface area contributed by atoms with E-state index < -0.39 is 0 Å². The van der Waals surface area contributed by atoms with Crippen LogP contribution in [0.1, 0.15) is 19.8 Å². The number of para-hydroxylation sites is 2. The van der Waals surface area contributed by atoms with Gasteiger partial charge in [0, 0.05) is 33.5 Å². The monoisotopic (exact) mass is 830 g/mol. The van der Waals surface area contributed by atoms with Gasteiger partial charge in [0.25, 0.3) is 0 Å². The Balaban J connectivity index is 1.26. The highest BCUT2D eigenvalue weighted by atomic mass is 15.2. The minimum Gasteiger partial charge on any atom is -0.310 e. The molecule has 1 aliphatic rings. The first-order valence-corrected chi connectivity index (χ1v) is 22.8. The predicted molar refractivity (Wildman–Crippen MR) is 281 cm³/mol. The molecule has 0 aromatic heterocycles. The number of rotatable bonds is 10. The van der Waals surface area contributed by atoms with Crippen molar-refractivity contribution in [2.24, 2.45) is 0 Å². The van der Waals surface area contributed by atoms with Crippen molar-refractivity contribution in [2.75, 3.05) is 9.80 Å². The van der Waals surface area contributed by atoms with Gasteiger partial charge in [-0.15, -0.1) is 0 Å². The first-order valence-electron chi connectivity index (χ1n) is 22.8. The van der Waals surface area contributed by atoms with Crippen LogP contribution in [-0.4, -0.2) is 0 Å². The van der Waals surface area contributed by atoms with Crippen molar-refractivity contribution in [3.63, 3.8) is 0 Å². The van der Waals surface area contributed by atoms with Crippen LogP contribution < -0.4 is 9.80 Å². The number of benzene rings is 9. The molecule has 0 saturated carbocycles. The summed E-state index contributed by atoms with van der Waals surface area (Å²) in [5, 5.41) is 15.3. The van der Waals surface area contributed by atoms with Crippen molar-refractivity contribution >= 4 is 87.4 Å². The summed E-state index contributed by atoms with van der Waals surface area (Å²) in [5.74, 6) is 0. The highest BCUT2D eigenvalue weighted by Crippen LogP contribution is 2.57. The molecule has 0 saturated heterocycles. The molecule has 0 unspecified atom stereocenters. The fourth-order valence-corrected chi connectivity index (χ4v) is 10.9. The minimum atomic E-state index is 1.02. The molecule has 0 atom stereocenters. The molecule has 2 heteroatoms. The van der Waals surface area contributed by atoms with Crippen LogP contribution in [0.15, 0.2) is 242 Å². The number of hydrogen-bond acceptors (Lipinski definition) is 2. The van der Waals surface area contributed by atoms with Crippen LogP contribution in [0.2, 0.25) is 0 Å². The van der Waals surface area contributed by atoms with Crippen LogP contribution >= 0.6 is 0 Å². The maximum Gasteiger partial charge on any atom is 0.0540 e. The quantitative estimate of drug-likeness (QED) is 0.127. The molecular formula is C63H46N2. The maximum absolute atomic E-state index is 4.00. The van der Waals surface area contributed by atoms with E-state index in [1.54, 1.807) is 0 Å². The minimum absolute atomic E-state index is 1.02. The van der Waals surface area contributed by atoms with Crippen LogP contribution in [0.3, 0.4) is 0 Å². The Labute approximate surface area is 380 Å². The zero-order chi connectivity index (χ0) is 43.4. The van der Waals surface area contributed by atoms with Crippen molar-refractivity contribution < 1.29 is 0 Å². The smallest absolute Gasteiger partial charge is 0.0540 e. The van der Waals surface area contributed by atoms with Gasteiger partial charge in [0.05, 0.1) is 11.4 Å². The number of fused-ring (bicyclic) bond motifs is 6. The molecule has 12 rings (SSSR count). The molecule has 0 heterocycles. The molecule has 0 spiro atoms. The number of allylic oxidation sites excluding steroid dienone is 7. The van der Waals surface area contributed by atoms with Gasteiger partial charge >= 0.3 is 0 Å². The van der Waals surface area contributed by atoms with Gasteiger partial charge in [-0.3, -0.25) is 0 Å². The zero-order valence-corrected chi connectivity index (χ0v) is 36.4. The third kappa shape index (κ3) is 6.02. The Morgan fingerprint density at radius 1 is 0.462 bits per heavy atom. The van der Waals surface area contributed by atoms with E-state index in [1.165, 1.54) is 98.3 Å². The molecule has 11 aromatic rings. The fourth-order valence-electron chi connectivity index (χ4n) is 10.9. The second-order valence-electron chi connectivity index (χ2n) is 17.0. The standard InChI is InChI=1S/C63H46N2/c1-3-5-27-44(4-2)64(45-28-15-8-16-29-45)54-40-38-52-58-48(54)34-21-36-50(58)60-56(42-23-11-6-12-24-42)63-53-39-41-55(65(46-30-17-9-18-31-46)47-32-19-10-20-33-47)49-35-22-37-51(59(49)53)61(63)57(62(52)60)43-25-13-7-14-26-43/h3-9,11-19,21-41H,1,10,20H2,2H3. The molecule has 2 nitrogen and oxygen atoms in total. The topological polar surface area (TPSA) is 6.48 Å². The lowest BCUT2D eigenvalue weighted by molar-refractivity contribution is 0.998. The Bertz CT molecular complexity index is 3610. The van der Waals surface area contributed by atoms with Crippen molar-refractivity contribution in [3.8, 4) is 22.3 Å². The van der Waals surface area contributed by atoms with Gasteiger partial charge in [0.2, 0.25) is 0 Å². The summed E-state index contributed by atoms with van der Waals surface area (Å²) in [7, 11) is 0. The Morgan fingerprint density at radius 2 is 0.938 bits per heavy atom. The molecular weight excluding hydrogens is 785 g/mol. The highest BCUT2D eigenvalue weighted by molar-refractivity contribution is 6.47. The van der Waals surface area contributed by atoms with Gasteiger partial charge in [-0.05, 0) is 144 Å². The van der Waals surface area contributed by atoms with E-state index in [2.05, 4.69) is 236 Å². The summed E-state index contributed by atoms with van der Waals surface area (Å²) < 4.78 is 0. The maximum atomic E-state index is 4.00. The molecule has 1 aliphatic carbocycles. The molecule has 0 fully saturated rings. The van der Waals surface area contributed by atoms with Gasteiger partial charge in [0.1, 0.15) is 0 Å². The summed E-state index contributed by atoms with van der Waals surface area (Å²) in [4.78, 5) is 4.84. The van der Waals surface area contributed by atoms with Crippen LogP contribution in [0.4, 0.5) is 22.7 Å².